The van der Waals surface area contributed by atoms with E-state index >= 15 is 0 Å². The number of benzene rings is 1. The maximum atomic E-state index is 11.1. The van der Waals surface area contributed by atoms with Crippen molar-refractivity contribution in [3.8, 4) is 0 Å². The van der Waals surface area contributed by atoms with Gasteiger partial charge in [0.1, 0.15) is 5.56 Å². The van der Waals surface area contributed by atoms with E-state index in [0.29, 0.717) is 16.6 Å². The first-order valence-corrected chi connectivity index (χ1v) is 5.70. The molecule has 86 valence electrons. The number of anilines is 1. The minimum absolute atomic E-state index is 0.201. The summed E-state index contributed by atoms with van der Waals surface area (Å²) in [5.41, 5.74) is 0.902. The molecule has 0 aliphatic heterocycles. The van der Waals surface area contributed by atoms with Crippen LogP contribution in [0.25, 0.3) is 0 Å². The maximum absolute atomic E-state index is 11.1. The Labute approximate surface area is 99.6 Å². The van der Waals surface area contributed by atoms with Gasteiger partial charge in [0.25, 0.3) is 0 Å². The number of carboxylic acids is 1. The van der Waals surface area contributed by atoms with Crippen LogP contribution in [0.3, 0.4) is 0 Å². The average Bonchev–Trinajstić information content (AvgIpc) is 3.00. The molecule has 0 radical (unpaired) electrons. The van der Waals surface area contributed by atoms with Gasteiger partial charge in [-0.3, -0.25) is 0 Å². The lowest BCUT2D eigenvalue weighted by molar-refractivity contribution is 0.0697. The Bertz CT molecular complexity index is 415. The maximum Gasteiger partial charge on any atom is 0.339 e. The highest BCUT2D eigenvalue weighted by Crippen LogP contribution is 2.33. The third-order valence-electron chi connectivity index (χ3n) is 2.85. The first-order valence-electron chi connectivity index (χ1n) is 5.32. The van der Waals surface area contributed by atoms with Gasteiger partial charge in [0.2, 0.25) is 0 Å². The second-order valence-electron chi connectivity index (χ2n) is 4.26. The summed E-state index contributed by atoms with van der Waals surface area (Å²) >= 11 is 5.91. The fourth-order valence-electron chi connectivity index (χ4n) is 1.83. The summed E-state index contributed by atoms with van der Waals surface area (Å²) in [4.78, 5) is 13.1. The molecule has 16 heavy (non-hydrogen) atoms. The van der Waals surface area contributed by atoms with Gasteiger partial charge in [-0.2, -0.15) is 0 Å². The molecule has 1 N–H and O–H groups in total. The van der Waals surface area contributed by atoms with Crippen molar-refractivity contribution in [2.75, 3.05) is 18.5 Å². The summed E-state index contributed by atoms with van der Waals surface area (Å²) in [5.74, 6) is -0.256. The summed E-state index contributed by atoms with van der Waals surface area (Å²) in [7, 11) is 1.91. The van der Waals surface area contributed by atoms with Crippen LogP contribution in [0.2, 0.25) is 5.02 Å². The van der Waals surface area contributed by atoms with Crippen LogP contribution in [0.1, 0.15) is 23.2 Å². The van der Waals surface area contributed by atoms with Crippen LogP contribution in [0.4, 0.5) is 5.69 Å². The van der Waals surface area contributed by atoms with E-state index < -0.39 is 5.97 Å². The Kier molecular flexibility index (Phi) is 3.06. The minimum Gasteiger partial charge on any atom is -0.478 e. The van der Waals surface area contributed by atoms with Crippen molar-refractivity contribution in [2.24, 2.45) is 5.92 Å². The van der Waals surface area contributed by atoms with Crippen molar-refractivity contribution in [3.05, 3.63) is 28.8 Å². The number of nitrogens with zero attached hydrogens (tertiary/aromatic N) is 1. The van der Waals surface area contributed by atoms with Gasteiger partial charge in [-0.15, -0.1) is 0 Å². The SMILES string of the molecule is CN(CC1CC1)c1cccc(Cl)c1C(=O)O. The molecule has 2 rings (SSSR count). The fraction of sp³-hybridized carbons (Fsp3) is 0.417. The van der Waals surface area contributed by atoms with Crippen LogP contribution in [0.5, 0.6) is 0 Å². The molecule has 0 saturated heterocycles. The molecular formula is C12H14ClNO2. The molecule has 0 unspecified atom stereocenters. The van der Waals surface area contributed by atoms with Gasteiger partial charge in [0.15, 0.2) is 0 Å². The van der Waals surface area contributed by atoms with Crippen LogP contribution >= 0.6 is 11.6 Å². The Morgan fingerprint density at radius 1 is 1.56 bits per heavy atom. The standard InChI is InChI=1S/C12H14ClNO2/c1-14(7-8-5-6-8)10-4-2-3-9(13)11(10)12(15)16/h2-4,8H,5-7H2,1H3,(H,15,16). The van der Waals surface area contributed by atoms with E-state index in [9.17, 15) is 4.79 Å². The van der Waals surface area contributed by atoms with Gasteiger partial charge < -0.3 is 10.0 Å². The van der Waals surface area contributed by atoms with Crippen molar-refractivity contribution in [2.45, 2.75) is 12.8 Å². The van der Waals surface area contributed by atoms with E-state index in [-0.39, 0.29) is 5.56 Å². The zero-order chi connectivity index (χ0) is 11.7. The lowest BCUT2D eigenvalue weighted by Crippen LogP contribution is -2.22. The number of rotatable bonds is 4. The number of hydrogen-bond acceptors (Lipinski definition) is 2. The molecule has 1 aliphatic rings. The van der Waals surface area contributed by atoms with Gasteiger partial charge in [-0.1, -0.05) is 17.7 Å². The Hall–Kier alpha value is -1.22. The molecule has 0 aromatic heterocycles. The summed E-state index contributed by atoms with van der Waals surface area (Å²) in [5, 5.41) is 9.43. The van der Waals surface area contributed by atoms with Crippen LogP contribution in [-0.2, 0) is 0 Å². The van der Waals surface area contributed by atoms with Crippen LogP contribution in [0, 0.1) is 5.92 Å². The van der Waals surface area contributed by atoms with Crippen LogP contribution < -0.4 is 4.90 Å². The topological polar surface area (TPSA) is 40.5 Å². The predicted molar refractivity (Wildman–Crippen MR) is 64.4 cm³/mol. The average molecular weight is 240 g/mol. The molecule has 1 aromatic carbocycles. The van der Waals surface area contributed by atoms with Crippen LogP contribution in [-0.4, -0.2) is 24.7 Å². The number of carbonyl (C=O) groups is 1. The van der Waals surface area contributed by atoms with Gasteiger partial charge in [0, 0.05) is 13.6 Å². The molecule has 0 atom stereocenters. The lowest BCUT2D eigenvalue weighted by Gasteiger charge is -2.21. The summed E-state index contributed by atoms with van der Waals surface area (Å²) in [6.07, 6.45) is 2.49. The Balaban J connectivity index is 2.30. The fourth-order valence-corrected chi connectivity index (χ4v) is 2.08. The van der Waals surface area contributed by atoms with Gasteiger partial charge in [0.05, 0.1) is 10.7 Å². The monoisotopic (exact) mass is 239 g/mol. The first-order chi connectivity index (χ1) is 7.59. The highest BCUT2D eigenvalue weighted by Gasteiger charge is 2.25. The highest BCUT2D eigenvalue weighted by atomic mass is 35.5. The number of halogens is 1. The van der Waals surface area contributed by atoms with E-state index in [1.54, 1.807) is 18.2 Å². The van der Waals surface area contributed by atoms with E-state index in [0.717, 1.165) is 6.54 Å². The summed E-state index contributed by atoms with van der Waals surface area (Å²) in [6.45, 7) is 0.903. The second-order valence-corrected chi connectivity index (χ2v) is 4.67. The van der Waals surface area contributed by atoms with Crippen molar-refractivity contribution >= 4 is 23.3 Å². The minimum atomic E-state index is -0.969. The number of carboxylic acid groups (broad SMARTS) is 1. The molecule has 1 saturated carbocycles. The molecule has 3 nitrogen and oxygen atoms in total. The third kappa shape index (κ3) is 2.30. The Morgan fingerprint density at radius 2 is 2.25 bits per heavy atom. The largest absolute Gasteiger partial charge is 0.478 e. The molecular weight excluding hydrogens is 226 g/mol. The van der Waals surface area contributed by atoms with Crippen molar-refractivity contribution in [1.29, 1.82) is 0 Å². The predicted octanol–water partition coefficient (Wildman–Crippen LogP) is 2.88. The van der Waals surface area contributed by atoms with Gasteiger partial charge in [-0.05, 0) is 30.9 Å². The quantitative estimate of drug-likeness (QED) is 0.878. The number of hydrogen-bond donors (Lipinski definition) is 1. The smallest absolute Gasteiger partial charge is 0.339 e. The molecule has 1 aromatic rings. The van der Waals surface area contributed by atoms with E-state index in [4.69, 9.17) is 16.7 Å². The highest BCUT2D eigenvalue weighted by molar-refractivity contribution is 6.34. The molecule has 1 fully saturated rings. The molecule has 0 bridgehead atoms. The second kappa shape index (κ2) is 4.34. The Morgan fingerprint density at radius 3 is 2.81 bits per heavy atom. The van der Waals surface area contributed by atoms with E-state index in [2.05, 4.69) is 0 Å². The molecule has 0 amide bonds. The summed E-state index contributed by atoms with van der Waals surface area (Å²) in [6, 6.07) is 5.20. The van der Waals surface area contributed by atoms with Crippen molar-refractivity contribution in [1.82, 2.24) is 0 Å². The van der Waals surface area contributed by atoms with E-state index in [1.165, 1.54) is 12.8 Å². The zero-order valence-corrected chi connectivity index (χ0v) is 9.87. The molecule has 1 aliphatic carbocycles. The first kappa shape index (κ1) is 11.3. The molecule has 0 spiro atoms. The normalized spacial score (nSPS) is 14.9. The summed E-state index contributed by atoms with van der Waals surface area (Å²) < 4.78 is 0. The van der Waals surface area contributed by atoms with E-state index in [1.807, 2.05) is 11.9 Å². The zero-order valence-electron chi connectivity index (χ0n) is 9.11. The molecule has 4 heteroatoms. The van der Waals surface area contributed by atoms with Crippen molar-refractivity contribution in [3.63, 3.8) is 0 Å². The number of aromatic carboxylic acids is 1. The molecule has 0 heterocycles. The van der Waals surface area contributed by atoms with Gasteiger partial charge in [-0.25, -0.2) is 4.79 Å². The van der Waals surface area contributed by atoms with Crippen LogP contribution in [0.15, 0.2) is 18.2 Å². The van der Waals surface area contributed by atoms with Gasteiger partial charge >= 0.3 is 5.97 Å². The lowest BCUT2D eigenvalue weighted by atomic mass is 10.1. The van der Waals surface area contributed by atoms with Crippen molar-refractivity contribution < 1.29 is 9.90 Å². The third-order valence-corrected chi connectivity index (χ3v) is 3.16.